The van der Waals surface area contributed by atoms with Crippen LogP contribution >= 0.6 is 0 Å². The highest BCUT2D eigenvalue weighted by atomic mass is 16.5. The lowest BCUT2D eigenvalue weighted by Crippen LogP contribution is -2.22. The monoisotopic (exact) mass is 253 g/mol. The van der Waals surface area contributed by atoms with E-state index in [1.165, 1.54) is 0 Å². The maximum atomic E-state index is 6.27. The van der Waals surface area contributed by atoms with Crippen molar-refractivity contribution in [1.29, 1.82) is 0 Å². The molecule has 2 unspecified atom stereocenters. The average Bonchev–Trinajstić information content (AvgIpc) is 2.76. The first-order valence-corrected chi connectivity index (χ1v) is 6.86. The smallest absolute Gasteiger partial charge is 0.0952 e. The van der Waals surface area contributed by atoms with Crippen molar-refractivity contribution in [2.45, 2.75) is 52.1 Å². The summed E-state index contributed by atoms with van der Waals surface area (Å²) in [5, 5.41) is 0. The molecule has 0 saturated heterocycles. The molecule has 18 heavy (non-hydrogen) atoms. The number of rotatable bonds is 8. The number of aromatic nitrogens is 2. The average molecular weight is 253 g/mol. The molecule has 0 fully saturated rings. The van der Waals surface area contributed by atoms with Crippen molar-refractivity contribution in [1.82, 2.24) is 9.55 Å². The molecule has 1 aromatic rings. The second kappa shape index (κ2) is 7.54. The highest BCUT2D eigenvalue weighted by Gasteiger charge is 2.18. The van der Waals surface area contributed by atoms with Crippen LogP contribution in [0.1, 0.15) is 57.8 Å². The normalized spacial score (nSPS) is 15.0. The minimum atomic E-state index is 0.0590. The summed E-state index contributed by atoms with van der Waals surface area (Å²) in [5.74, 6) is 0.593. The van der Waals surface area contributed by atoms with Crippen molar-refractivity contribution >= 4 is 0 Å². The lowest BCUT2D eigenvalue weighted by atomic mass is 10.0. The Morgan fingerprint density at radius 2 is 2.17 bits per heavy atom. The lowest BCUT2D eigenvalue weighted by molar-refractivity contribution is 0.148. The van der Waals surface area contributed by atoms with Gasteiger partial charge in [-0.1, -0.05) is 27.2 Å². The molecule has 2 atom stereocenters. The van der Waals surface area contributed by atoms with E-state index in [-0.39, 0.29) is 6.04 Å². The van der Waals surface area contributed by atoms with Crippen molar-refractivity contribution < 1.29 is 4.74 Å². The van der Waals surface area contributed by atoms with Crippen LogP contribution in [0.3, 0.4) is 0 Å². The zero-order valence-electron chi connectivity index (χ0n) is 12.1. The fourth-order valence-electron chi connectivity index (χ4n) is 2.36. The van der Waals surface area contributed by atoms with Crippen LogP contribution in [0.15, 0.2) is 12.5 Å². The Balaban J connectivity index is 2.84. The molecule has 0 aliphatic rings. The van der Waals surface area contributed by atoms with E-state index < -0.39 is 0 Å². The maximum Gasteiger partial charge on any atom is 0.0952 e. The lowest BCUT2D eigenvalue weighted by Gasteiger charge is -2.23. The van der Waals surface area contributed by atoms with Crippen LogP contribution < -0.4 is 5.73 Å². The van der Waals surface area contributed by atoms with Gasteiger partial charge in [-0.2, -0.15) is 0 Å². The van der Waals surface area contributed by atoms with E-state index in [0.29, 0.717) is 18.6 Å². The highest BCUT2D eigenvalue weighted by Crippen LogP contribution is 2.23. The van der Waals surface area contributed by atoms with E-state index in [0.717, 1.165) is 25.0 Å². The molecule has 104 valence electrons. The third-order valence-electron chi connectivity index (χ3n) is 3.18. The quantitative estimate of drug-likeness (QED) is 0.775. The number of ether oxygens (including phenoxy) is 1. The Hall–Kier alpha value is -0.870. The molecule has 1 rings (SSSR count). The Bertz CT molecular complexity index is 330. The molecule has 0 saturated carbocycles. The Kier molecular flexibility index (Phi) is 6.36. The summed E-state index contributed by atoms with van der Waals surface area (Å²) in [5.41, 5.74) is 7.39. The summed E-state index contributed by atoms with van der Waals surface area (Å²) >= 11 is 0. The molecule has 0 amide bonds. The van der Waals surface area contributed by atoms with Gasteiger partial charge in [0.1, 0.15) is 0 Å². The molecule has 0 aromatic carbocycles. The van der Waals surface area contributed by atoms with Crippen LogP contribution in [-0.2, 0) is 4.74 Å². The van der Waals surface area contributed by atoms with Crippen LogP contribution in [0.5, 0.6) is 0 Å². The predicted octanol–water partition coefficient (Wildman–Crippen LogP) is 2.92. The van der Waals surface area contributed by atoms with Gasteiger partial charge in [-0.05, 0) is 18.8 Å². The minimum Gasteiger partial charge on any atom is -0.383 e. The summed E-state index contributed by atoms with van der Waals surface area (Å²) in [6.45, 7) is 7.29. The topological polar surface area (TPSA) is 53.1 Å². The number of imidazole rings is 1. The van der Waals surface area contributed by atoms with Gasteiger partial charge in [0, 0.05) is 19.3 Å². The van der Waals surface area contributed by atoms with Gasteiger partial charge >= 0.3 is 0 Å². The number of hydrogen-bond donors (Lipinski definition) is 1. The standard InChI is InChI=1S/C14H27N3O/c1-5-6-12(9-18-4)17-10-16-8-14(17)13(15)7-11(2)3/h8,10-13H,5-7,9,15H2,1-4H3. The van der Waals surface area contributed by atoms with Crippen molar-refractivity contribution in [3.63, 3.8) is 0 Å². The van der Waals surface area contributed by atoms with Crippen molar-refractivity contribution in [2.24, 2.45) is 11.7 Å². The van der Waals surface area contributed by atoms with Gasteiger partial charge in [0.05, 0.1) is 24.7 Å². The Labute approximate surface area is 111 Å². The van der Waals surface area contributed by atoms with Crippen molar-refractivity contribution in [2.75, 3.05) is 13.7 Å². The molecule has 0 spiro atoms. The fourth-order valence-corrected chi connectivity index (χ4v) is 2.36. The first-order valence-electron chi connectivity index (χ1n) is 6.86. The second-order valence-electron chi connectivity index (χ2n) is 5.36. The minimum absolute atomic E-state index is 0.0590. The second-order valence-corrected chi connectivity index (χ2v) is 5.36. The summed E-state index contributed by atoms with van der Waals surface area (Å²) in [4.78, 5) is 4.26. The van der Waals surface area contributed by atoms with Gasteiger partial charge in [-0.15, -0.1) is 0 Å². The van der Waals surface area contributed by atoms with E-state index in [4.69, 9.17) is 10.5 Å². The number of nitrogens with zero attached hydrogens (tertiary/aromatic N) is 2. The van der Waals surface area contributed by atoms with Gasteiger partial charge in [0.25, 0.3) is 0 Å². The molecular weight excluding hydrogens is 226 g/mol. The Morgan fingerprint density at radius 3 is 2.72 bits per heavy atom. The Morgan fingerprint density at radius 1 is 1.44 bits per heavy atom. The first-order chi connectivity index (χ1) is 8.60. The fraction of sp³-hybridized carbons (Fsp3) is 0.786. The van der Waals surface area contributed by atoms with Crippen LogP contribution in [0.2, 0.25) is 0 Å². The highest BCUT2D eigenvalue weighted by molar-refractivity contribution is 5.06. The molecular formula is C14H27N3O. The number of nitrogens with two attached hydrogens (primary N) is 1. The molecule has 0 aliphatic carbocycles. The van der Waals surface area contributed by atoms with E-state index in [2.05, 4.69) is 30.3 Å². The number of methoxy groups -OCH3 is 1. The van der Waals surface area contributed by atoms with Crippen molar-refractivity contribution in [3.8, 4) is 0 Å². The summed E-state index contributed by atoms with van der Waals surface area (Å²) in [6, 6.07) is 0.402. The molecule has 1 heterocycles. The van der Waals surface area contributed by atoms with Crippen LogP contribution in [0.4, 0.5) is 0 Å². The third kappa shape index (κ3) is 4.10. The first kappa shape index (κ1) is 15.2. The maximum absolute atomic E-state index is 6.27. The van der Waals surface area contributed by atoms with E-state index in [9.17, 15) is 0 Å². The molecule has 0 bridgehead atoms. The SMILES string of the molecule is CCCC(COC)n1cncc1C(N)CC(C)C. The zero-order valence-corrected chi connectivity index (χ0v) is 12.1. The summed E-state index contributed by atoms with van der Waals surface area (Å²) < 4.78 is 7.50. The van der Waals surface area contributed by atoms with Crippen molar-refractivity contribution in [3.05, 3.63) is 18.2 Å². The molecule has 0 aliphatic heterocycles. The van der Waals surface area contributed by atoms with E-state index in [1.54, 1.807) is 7.11 Å². The van der Waals surface area contributed by atoms with Crippen LogP contribution in [0.25, 0.3) is 0 Å². The van der Waals surface area contributed by atoms with Gasteiger partial charge in [0.15, 0.2) is 0 Å². The summed E-state index contributed by atoms with van der Waals surface area (Å²) in [7, 11) is 1.74. The molecule has 1 aromatic heterocycles. The zero-order chi connectivity index (χ0) is 13.5. The van der Waals surface area contributed by atoms with E-state index in [1.807, 2.05) is 12.5 Å². The van der Waals surface area contributed by atoms with Gasteiger partial charge in [-0.3, -0.25) is 0 Å². The van der Waals surface area contributed by atoms with Crippen LogP contribution in [0, 0.1) is 5.92 Å². The van der Waals surface area contributed by atoms with Crippen LogP contribution in [-0.4, -0.2) is 23.3 Å². The van der Waals surface area contributed by atoms with Gasteiger partial charge in [-0.25, -0.2) is 4.98 Å². The predicted molar refractivity (Wildman–Crippen MR) is 74.4 cm³/mol. The number of hydrogen-bond acceptors (Lipinski definition) is 3. The summed E-state index contributed by atoms with van der Waals surface area (Å²) in [6.07, 6.45) is 6.98. The molecule has 4 heteroatoms. The van der Waals surface area contributed by atoms with Gasteiger partial charge in [0.2, 0.25) is 0 Å². The van der Waals surface area contributed by atoms with Gasteiger partial charge < -0.3 is 15.0 Å². The largest absolute Gasteiger partial charge is 0.383 e. The molecule has 4 nitrogen and oxygen atoms in total. The van der Waals surface area contributed by atoms with E-state index >= 15 is 0 Å². The third-order valence-corrected chi connectivity index (χ3v) is 3.18. The molecule has 0 radical (unpaired) electrons. The molecule has 2 N–H and O–H groups in total.